The van der Waals surface area contributed by atoms with E-state index in [1.54, 1.807) is 24.1 Å². The summed E-state index contributed by atoms with van der Waals surface area (Å²) in [5, 5.41) is 10.8. The molecule has 0 bridgehead atoms. The molecule has 3 rings (SSSR count). The van der Waals surface area contributed by atoms with Crippen LogP contribution in [0.5, 0.6) is 5.75 Å². The van der Waals surface area contributed by atoms with Crippen LogP contribution in [0.2, 0.25) is 0 Å². The van der Waals surface area contributed by atoms with Gasteiger partial charge < -0.3 is 14.5 Å². The number of nitrogens with zero attached hydrogens (tertiary/aromatic N) is 3. The van der Waals surface area contributed by atoms with Crippen molar-refractivity contribution >= 4 is 5.91 Å². The summed E-state index contributed by atoms with van der Waals surface area (Å²) in [4.78, 5) is 11.8. The molecule has 0 saturated heterocycles. The first kappa shape index (κ1) is 13.9. The Morgan fingerprint density at radius 2 is 2.14 bits per heavy atom. The summed E-state index contributed by atoms with van der Waals surface area (Å²) in [6.07, 6.45) is 4.61. The van der Waals surface area contributed by atoms with Gasteiger partial charge in [-0.25, -0.2) is 4.68 Å². The first-order chi connectivity index (χ1) is 10.8. The minimum Gasteiger partial charge on any atom is -0.497 e. The van der Waals surface area contributed by atoms with E-state index in [0.717, 1.165) is 11.4 Å². The Bertz CT molecular complexity index is 747. The van der Waals surface area contributed by atoms with Gasteiger partial charge in [0.05, 0.1) is 37.4 Å². The van der Waals surface area contributed by atoms with Crippen LogP contribution in [0, 0.1) is 0 Å². The molecule has 1 N–H and O–H groups in total. The van der Waals surface area contributed by atoms with Gasteiger partial charge in [0.25, 0.3) is 5.91 Å². The van der Waals surface area contributed by atoms with Gasteiger partial charge in [-0.15, -0.1) is 5.10 Å². The largest absolute Gasteiger partial charge is 0.497 e. The fraction of sp³-hybridized carbons (Fsp3) is 0.133. The maximum absolute atomic E-state index is 11.8. The lowest BCUT2D eigenvalue weighted by atomic mass is 10.3. The van der Waals surface area contributed by atoms with E-state index in [2.05, 4.69) is 15.6 Å². The van der Waals surface area contributed by atoms with Crippen LogP contribution in [0.25, 0.3) is 5.69 Å². The fourth-order valence-corrected chi connectivity index (χ4v) is 1.91. The van der Waals surface area contributed by atoms with Crippen LogP contribution < -0.4 is 10.1 Å². The molecule has 112 valence electrons. The first-order valence-electron chi connectivity index (χ1n) is 6.62. The van der Waals surface area contributed by atoms with E-state index < -0.39 is 0 Å². The van der Waals surface area contributed by atoms with Gasteiger partial charge in [-0.2, -0.15) is 0 Å². The number of rotatable bonds is 5. The van der Waals surface area contributed by atoms with Crippen molar-refractivity contribution in [2.24, 2.45) is 0 Å². The van der Waals surface area contributed by atoms with Crippen LogP contribution in [-0.4, -0.2) is 28.0 Å². The molecule has 22 heavy (non-hydrogen) atoms. The molecule has 0 unspecified atom stereocenters. The smallest absolute Gasteiger partial charge is 0.254 e. The van der Waals surface area contributed by atoms with Crippen molar-refractivity contribution in [3.8, 4) is 11.4 Å². The number of furan rings is 1. The predicted octanol–water partition coefficient (Wildman–Crippen LogP) is 1.80. The number of nitrogens with one attached hydrogen (secondary N) is 1. The van der Waals surface area contributed by atoms with Crippen molar-refractivity contribution in [2.75, 3.05) is 7.11 Å². The lowest BCUT2D eigenvalue weighted by Crippen LogP contribution is -2.22. The first-order valence-corrected chi connectivity index (χ1v) is 6.62. The number of benzene rings is 1. The molecule has 0 fully saturated rings. The Kier molecular flexibility index (Phi) is 3.86. The third-order valence-electron chi connectivity index (χ3n) is 3.09. The zero-order valence-electron chi connectivity index (χ0n) is 11.9. The number of carbonyl (C=O) groups is 1. The number of hydrogen-bond acceptors (Lipinski definition) is 5. The SMILES string of the molecule is COc1ccc(-n2cc(CNC(=O)c3ccoc3)nn2)cc1. The lowest BCUT2D eigenvalue weighted by molar-refractivity contribution is 0.0950. The van der Waals surface area contributed by atoms with E-state index in [1.807, 2.05) is 24.3 Å². The van der Waals surface area contributed by atoms with Crippen molar-refractivity contribution in [1.29, 1.82) is 0 Å². The molecule has 0 aliphatic heterocycles. The molecule has 0 atom stereocenters. The number of methoxy groups -OCH3 is 1. The van der Waals surface area contributed by atoms with E-state index in [4.69, 9.17) is 9.15 Å². The van der Waals surface area contributed by atoms with Crippen molar-refractivity contribution in [3.05, 3.63) is 60.3 Å². The average Bonchev–Trinajstić information content (AvgIpc) is 3.24. The van der Waals surface area contributed by atoms with Gasteiger partial charge in [0.15, 0.2) is 0 Å². The molecule has 7 heteroatoms. The second-order valence-electron chi connectivity index (χ2n) is 4.55. The zero-order chi connectivity index (χ0) is 15.4. The van der Waals surface area contributed by atoms with Gasteiger partial charge in [0.1, 0.15) is 17.7 Å². The van der Waals surface area contributed by atoms with Crippen LogP contribution >= 0.6 is 0 Å². The minimum absolute atomic E-state index is 0.215. The highest BCUT2D eigenvalue weighted by Crippen LogP contribution is 2.14. The Balaban J connectivity index is 1.64. The number of hydrogen-bond donors (Lipinski definition) is 1. The summed E-state index contributed by atoms with van der Waals surface area (Å²) in [7, 11) is 1.62. The molecule has 0 saturated carbocycles. The maximum atomic E-state index is 11.8. The Labute approximate surface area is 126 Å². The molecule has 1 aromatic carbocycles. The zero-order valence-corrected chi connectivity index (χ0v) is 11.9. The molecule has 0 aliphatic carbocycles. The third kappa shape index (κ3) is 2.98. The number of carbonyl (C=O) groups excluding carboxylic acids is 1. The van der Waals surface area contributed by atoms with E-state index in [-0.39, 0.29) is 5.91 Å². The molecule has 2 aromatic heterocycles. The Morgan fingerprint density at radius 3 is 2.82 bits per heavy atom. The summed E-state index contributed by atoms with van der Waals surface area (Å²) in [5.74, 6) is 0.559. The quantitative estimate of drug-likeness (QED) is 0.776. The van der Waals surface area contributed by atoms with Gasteiger partial charge in [-0.1, -0.05) is 5.21 Å². The van der Waals surface area contributed by atoms with E-state index in [9.17, 15) is 4.79 Å². The van der Waals surface area contributed by atoms with Gasteiger partial charge in [-0.05, 0) is 30.3 Å². The monoisotopic (exact) mass is 298 g/mol. The molecular formula is C15H14N4O3. The lowest BCUT2D eigenvalue weighted by Gasteiger charge is -2.02. The highest BCUT2D eigenvalue weighted by Gasteiger charge is 2.08. The minimum atomic E-state index is -0.215. The summed E-state index contributed by atoms with van der Waals surface area (Å²) < 4.78 is 11.6. The molecule has 0 radical (unpaired) electrons. The summed E-state index contributed by atoms with van der Waals surface area (Å²) in [6, 6.07) is 9.04. The number of aromatic nitrogens is 3. The van der Waals surface area contributed by atoms with Crippen molar-refractivity contribution in [1.82, 2.24) is 20.3 Å². The van der Waals surface area contributed by atoms with E-state index in [0.29, 0.717) is 17.8 Å². The van der Waals surface area contributed by atoms with Gasteiger partial charge in [0, 0.05) is 0 Å². The van der Waals surface area contributed by atoms with Crippen molar-refractivity contribution in [3.63, 3.8) is 0 Å². The highest BCUT2D eigenvalue weighted by molar-refractivity contribution is 5.93. The van der Waals surface area contributed by atoms with Crippen molar-refractivity contribution in [2.45, 2.75) is 6.54 Å². The topological polar surface area (TPSA) is 82.2 Å². The standard InChI is InChI=1S/C15H14N4O3/c1-21-14-4-2-13(3-5-14)19-9-12(17-18-19)8-16-15(20)11-6-7-22-10-11/h2-7,9-10H,8H2,1H3,(H,16,20). The molecule has 7 nitrogen and oxygen atoms in total. The van der Waals surface area contributed by atoms with Crippen LogP contribution in [0.15, 0.2) is 53.5 Å². The molecule has 3 aromatic rings. The van der Waals surface area contributed by atoms with Crippen molar-refractivity contribution < 1.29 is 13.9 Å². The average molecular weight is 298 g/mol. The summed E-state index contributed by atoms with van der Waals surface area (Å²) in [6.45, 7) is 0.292. The van der Waals surface area contributed by atoms with Crippen LogP contribution in [0.3, 0.4) is 0 Å². The molecule has 0 spiro atoms. The molecule has 1 amide bonds. The second-order valence-corrected chi connectivity index (χ2v) is 4.55. The fourth-order valence-electron chi connectivity index (χ4n) is 1.91. The summed E-state index contributed by atoms with van der Waals surface area (Å²) >= 11 is 0. The summed E-state index contributed by atoms with van der Waals surface area (Å²) in [5.41, 5.74) is 2.00. The normalized spacial score (nSPS) is 10.4. The Hall–Kier alpha value is -3.09. The van der Waals surface area contributed by atoms with Gasteiger partial charge >= 0.3 is 0 Å². The molecule has 0 aliphatic rings. The van der Waals surface area contributed by atoms with E-state index >= 15 is 0 Å². The predicted molar refractivity (Wildman–Crippen MR) is 77.8 cm³/mol. The number of ether oxygens (including phenoxy) is 1. The van der Waals surface area contributed by atoms with E-state index in [1.165, 1.54) is 12.5 Å². The number of amides is 1. The van der Waals surface area contributed by atoms with Crippen LogP contribution in [-0.2, 0) is 6.54 Å². The van der Waals surface area contributed by atoms with Crippen LogP contribution in [0.1, 0.15) is 16.1 Å². The Morgan fingerprint density at radius 1 is 1.32 bits per heavy atom. The highest BCUT2D eigenvalue weighted by atomic mass is 16.5. The molecular weight excluding hydrogens is 284 g/mol. The second kappa shape index (κ2) is 6.13. The molecule has 2 heterocycles. The third-order valence-corrected chi connectivity index (χ3v) is 3.09. The maximum Gasteiger partial charge on any atom is 0.254 e. The van der Waals surface area contributed by atoms with Gasteiger partial charge in [0.2, 0.25) is 0 Å². The van der Waals surface area contributed by atoms with Crippen LogP contribution in [0.4, 0.5) is 0 Å². The van der Waals surface area contributed by atoms with Gasteiger partial charge in [-0.3, -0.25) is 4.79 Å².